The molecule has 0 bridgehead atoms. The number of carboxylic acid groups (broad SMARTS) is 1. The molecule has 0 aromatic heterocycles. The van der Waals surface area contributed by atoms with Crippen molar-refractivity contribution < 1.29 is 33.7 Å². The maximum Gasteiger partial charge on any atom is 0.379 e. The summed E-state index contributed by atoms with van der Waals surface area (Å²) in [7, 11) is 0. The molecule has 1 aromatic carbocycles. The number of ketones is 1. The van der Waals surface area contributed by atoms with Crippen molar-refractivity contribution in [2.45, 2.75) is 6.92 Å². The fourth-order valence-electron chi connectivity index (χ4n) is 1.21. The maximum atomic E-state index is 13.2. The van der Waals surface area contributed by atoms with Crippen LogP contribution in [0.3, 0.4) is 0 Å². The number of Topliss-reactive ketones (excluding diaryl/α,β-unsaturated/α-hetero) is 1. The molecule has 7 heteroatoms. The number of carbonyl (C=O) groups excluding carboxylic acids is 2. The van der Waals surface area contributed by atoms with Gasteiger partial charge in [0.15, 0.2) is 11.6 Å². The van der Waals surface area contributed by atoms with Crippen LogP contribution in [-0.4, -0.2) is 34.5 Å². The number of carboxylic acids is 1. The van der Waals surface area contributed by atoms with Crippen molar-refractivity contribution in [3.8, 4) is 5.75 Å². The highest BCUT2D eigenvalue weighted by atomic mass is 19.1. The molecule has 0 aliphatic rings. The second kappa shape index (κ2) is 5.26. The molecule has 0 saturated heterocycles. The summed E-state index contributed by atoms with van der Waals surface area (Å²) in [6.07, 6.45) is 0. The first kappa shape index (κ1) is 13.6. The number of carbonyl (C=O) groups is 3. The highest BCUT2D eigenvalue weighted by Gasteiger charge is 2.23. The van der Waals surface area contributed by atoms with E-state index in [4.69, 9.17) is 10.2 Å². The first-order chi connectivity index (χ1) is 8.38. The standard InChI is InChI=1S/C11H9FO6/c1-2-18-11(17)8(13)5-3-6(10(15)16)9(14)7(12)4-5/h3-4,14H,2H2,1H3,(H,15,16). The second-order valence-electron chi connectivity index (χ2n) is 3.21. The molecule has 96 valence electrons. The zero-order valence-electron chi connectivity index (χ0n) is 9.27. The van der Waals surface area contributed by atoms with Crippen LogP contribution in [0, 0.1) is 5.82 Å². The summed E-state index contributed by atoms with van der Waals surface area (Å²) in [5.74, 6) is -6.42. The van der Waals surface area contributed by atoms with E-state index in [1.54, 1.807) is 0 Å². The van der Waals surface area contributed by atoms with Gasteiger partial charge in [0.2, 0.25) is 0 Å². The molecule has 18 heavy (non-hydrogen) atoms. The number of benzene rings is 1. The van der Waals surface area contributed by atoms with E-state index in [2.05, 4.69) is 4.74 Å². The highest BCUT2D eigenvalue weighted by Crippen LogP contribution is 2.23. The van der Waals surface area contributed by atoms with E-state index >= 15 is 0 Å². The molecule has 1 rings (SSSR count). The third-order valence-electron chi connectivity index (χ3n) is 2.02. The Morgan fingerprint density at radius 3 is 2.44 bits per heavy atom. The minimum absolute atomic E-state index is 0.0447. The van der Waals surface area contributed by atoms with Crippen LogP contribution in [0.4, 0.5) is 4.39 Å². The van der Waals surface area contributed by atoms with Gasteiger partial charge in [0, 0.05) is 5.56 Å². The van der Waals surface area contributed by atoms with E-state index in [1.807, 2.05) is 0 Å². The van der Waals surface area contributed by atoms with Crippen molar-refractivity contribution in [1.29, 1.82) is 0 Å². The summed E-state index contributed by atoms with van der Waals surface area (Å²) in [5.41, 5.74) is -1.30. The lowest BCUT2D eigenvalue weighted by molar-refractivity contribution is -0.137. The van der Waals surface area contributed by atoms with E-state index in [0.29, 0.717) is 12.1 Å². The van der Waals surface area contributed by atoms with Gasteiger partial charge in [0.05, 0.1) is 6.61 Å². The van der Waals surface area contributed by atoms with Gasteiger partial charge < -0.3 is 14.9 Å². The van der Waals surface area contributed by atoms with E-state index in [9.17, 15) is 18.8 Å². The van der Waals surface area contributed by atoms with Crippen molar-refractivity contribution in [2.75, 3.05) is 6.61 Å². The molecule has 0 fully saturated rings. The quantitative estimate of drug-likeness (QED) is 0.473. The van der Waals surface area contributed by atoms with Crippen LogP contribution in [-0.2, 0) is 9.53 Å². The average Bonchev–Trinajstić information content (AvgIpc) is 2.31. The van der Waals surface area contributed by atoms with Gasteiger partial charge in [-0.05, 0) is 19.1 Å². The molecular formula is C11H9FO6. The first-order valence-corrected chi connectivity index (χ1v) is 4.85. The van der Waals surface area contributed by atoms with Crippen molar-refractivity contribution in [3.63, 3.8) is 0 Å². The van der Waals surface area contributed by atoms with E-state index in [-0.39, 0.29) is 6.61 Å². The van der Waals surface area contributed by atoms with Crippen LogP contribution in [0.1, 0.15) is 27.6 Å². The summed E-state index contributed by atoms with van der Waals surface area (Å²) in [4.78, 5) is 33.3. The van der Waals surface area contributed by atoms with Crippen LogP contribution in [0.2, 0.25) is 0 Å². The molecule has 0 aliphatic carbocycles. The van der Waals surface area contributed by atoms with Crippen LogP contribution in [0.5, 0.6) is 5.75 Å². The Morgan fingerprint density at radius 1 is 1.33 bits per heavy atom. The van der Waals surface area contributed by atoms with E-state index in [0.717, 1.165) is 0 Å². The lowest BCUT2D eigenvalue weighted by atomic mass is 10.1. The molecule has 0 aliphatic heterocycles. The van der Waals surface area contributed by atoms with Gasteiger partial charge in [-0.25, -0.2) is 14.0 Å². The van der Waals surface area contributed by atoms with Gasteiger partial charge in [0.25, 0.3) is 5.78 Å². The summed E-state index contributed by atoms with van der Waals surface area (Å²) in [6.45, 7) is 1.43. The lowest BCUT2D eigenvalue weighted by Crippen LogP contribution is -2.18. The molecule has 0 spiro atoms. The van der Waals surface area contributed by atoms with Crippen molar-refractivity contribution in [2.24, 2.45) is 0 Å². The Hall–Kier alpha value is -2.44. The predicted octanol–water partition coefficient (Wildman–Crippen LogP) is 0.975. The van der Waals surface area contributed by atoms with Crippen molar-refractivity contribution in [1.82, 2.24) is 0 Å². The second-order valence-corrected chi connectivity index (χ2v) is 3.21. The fourth-order valence-corrected chi connectivity index (χ4v) is 1.21. The SMILES string of the molecule is CCOC(=O)C(=O)c1cc(F)c(O)c(C(=O)O)c1. The molecule has 0 radical (unpaired) electrons. The Bertz CT molecular complexity index is 523. The number of phenols is 1. The summed E-state index contributed by atoms with van der Waals surface area (Å²) in [5, 5.41) is 17.8. The van der Waals surface area contributed by atoms with Gasteiger partial charge in [-0.2, -0.15) is 0 Å². The molecule has 1 aromatic rings. The van der Waals surface area contributed by atoms with Crippen LogP contribution >= 0.6 is 0 Å². The minimum Gasteiger partial charge on any atom is -0.504 e. The third-order valence-corrected chi connectivity index (χ3v) is 2.02. The average molecular weight is 256 g/mol. The highest BCUT2D eigenvalue weighted by molar-refractivity contribution is 6.40. The molecule has 0 heterocycles. The van der Waals surface area contributed by atoms with Gasteiger partial charge in [-0.1, -0.05) is 0 Å². The number of aromatic hydroxyl groups is 1. The third kappa shape index (κ3) is 2.62. The number of rotatable bonds is 4. The van der Waals surface area contributed by atoms with E-state index in [1.165, 1.54) is 6.92 Å². The van der Waals surface area contributed by atoms with Gasteiger partial charge >= 0.3 is 11.9 Å². The van der Waals surface area contributed by atoms with Crippen molar-refractivity contribution >= 4 is 17.7 Å². The normalized spacial score (nSPS) is 9.89. The first-order valence-electron chi connectivity index (χ1n) is 4.85. The zero-order chi connectivity index (χ0) is 13.9. The lowest BCUT2D eigenvalue weighted by Gasteiger charge is -2.05. The smallest absolute Gasteiger partial charge is 0.379 e. The van der Waals surface area contributed by atoms with Gasteiger partial charge in [-0.15, -0.1) is 0 Å². The topological polar surface area (TPSA) is 101 Å². The number of halogens is 1. The Labute approximate surface area is 101 Å². The summed E-state index contributed by atoms with van der Waals surface area (Å²) >= 11 is 0. The number of hydrogen-bond acceptors (Lipinski definition) is 5. The zero-order valence-corrected chi connectivity index (χ0v) is 9.27. The minimum atomic E-state index is -1.62. The molecule has 0 atom stereocenters. The van der Waals surface area contributed by atoms with Gasteiger partial charge in [-0.3, -0.25) is 4.79 Å². The number of hydrogen-bond donors (Lipinski definition) is 2. The van der Waals surface area contributed by atoms with Crippen molar-refractivity contribution in [3.05, 3.63) is 29.1 Å². The van der Waals surface area contributed by atoms with Crippen LogP contribution < -0.4 is 0 Å². The largest absolute Gasteiger partial charge is 0.504 e. The monoisotopic (exact) mass is 256 g/mol. The Balaban J connectivity index is 3.23. The summed E-state index contributed by atoms with van der Waals surface area (Å²) in [6, 6.07) is 1.28. The Kier molecular flexibility index (Phi) is 3.98. The molecule has 0 saturated carbocycles. The fraction of sp³-hybridized carbons (Fsp3) is 0.182. The molecule has 2 N–H and O–H groups in total. The van der Waals surface area contributed by atoms with Gasteiger partial charge in [0.1, 0.15) is 5.56 Å². The molecule has 0 unspecified atom stereocenters. The number of aromatic carboxylic acids is 1. The summed E-state index contributed by atoms with van der Waals surface area (Å²) < 4.78 is 17.6. The Morgan fingerprint density at radius 2 is 1.94 bits per heavy atom. The molecule has 6 nitrogen and oxygen atoms in total. The predicted molar refractivity (Wildman–Crippen MR) is 56.0 cm³/mol. The van der Waals surface area contributed by atoms with E-state index < -0.39 is 40.4 Å². The maximum absolute atomic E-state index is 13.2. The molecule has 0 amide bonds. The molecular weight excluding hydrogens is 247 g/mol. The number of ether oxygens (including phenoxy) is 1. The van der Waals surface area contributed by atoms with Crippen LogP contribution in [0.15, 0.2) is 12.1 Å². The number of esters is 1. The van der Waals surface area contributed by atoms with Crippen LogP contribution in [0.25, 0.3) is 0 Å².